The standard InChI is InChI=1S/C10H18O11/c11-1-2(12)3(13)4(14)7-5(15)6(16)8(17)10(20,21-7)9(18)19/h2-8,11-17,20H,1H2,(H,18,19). The fraction of sp³-hybridized carbons (Fsp3) is 0.900. The Bertz CT molecular complexity index is 376. The highest BCUT2D eigenvalue weighted by Crippen LogP contribution is 2.31. The number of carboxylic acid groups (broad SMARTS) is 1. The highest BCUT2D eigenvalue weighted by molar-refractivity contribution is 5.76. The van der Waals surface area contributed by atoms with Gasteiger partial charge in [-0.15, -0.1) is 0 Å². The number of ether oxygens (including phenoxy) is 1. The number of carbonyl (C=O) groups is 1. The predicted molar refractivity (Wildman–Crippen MR) is 60.6 cm³/mol. The highest BCUT2D eigenvalue weighted by Gasteiger charge is 2.59. The van der Waals surface area contributed by atoms with E-state index in [4.69, 9.17) is 10.2 Å². The molecule has 1 aliphatic heterocycles. The van der Waals surface area contributed by atoms with Crippen molar-refractivity contribution in [2.45, 2.75) is 48.5 Å². The number of aliphatic hydroxyl groups excluding tert-OH is 7. The van der Waals surface area contributed by atoms with Gasteiger partial charge in [-0.1, -0.05) is 0 Å². The summed E-state index contributed by atoms with van der Waals surface area (Å²) in [5, 5.41) is 84.1. The summed E-state index contributed by atoms with van der Waals surface area (Å²) in [5.74, 6) is -5.44. The molecule has 1 saturated heterocycles. The van der Waals surface area contributed by atoms with Crippen molar-refractivity contribution in [3.05, 3.63) is 0 Å². The molecule has 0 saturated carbocycles. The molecule has 0 bridgehead atoms. The van der Waals surface area contributed by atoms with Crippen LogP contribution >= 0.6 is 0 Å². The third-order valence-electron chi connectivity index (χ3n) is 3.30. The SMILES string of the molecule is O=C(O)C1(O)OC(C(O)C(O)C(O)CO)C(O)C(O)C1O. The number of aliphatic carboxylic acids is 1. The molecule has 0 aromatic carbocycles. The minimum atomic E-state index is -3.34. The molecule has 1 aliphatic rings. The molecular weight excluding hydrogens is 296 g/mol. The van der Waals surface area contributed by atoms with Gasteiger partial charge in [-0.05, 0) is 0 Å². The summed E-state index contributed by atoms with van der Waals surface area (Å²) in [5.41, 5.74) is 0. The van der Waals surface area contributed by atoms with E-state index in [0.717, 1.165) is 0 Å². The van der Waals surface area contributed by atoms with E-state index >= 15 is 0 Å². The average Bonchev–Trinajstić information content (AvgIpc) is 2.46. The second-order valence-electron chi connectivity index (χ2n) is 4.74. The molecular formula is C10H18O11. The van der Waals surface area contributed by atoms with E-state index in [1.807, 2.05) is 0 Å². The minimum absolute atomic E-state index is 0.963. The van der Waals surface area contributed by atoms with Gasteiger partial charge in [0, 0.05) is 0 Å². The first-order valence-corrected chi connectivity index (χ1v) is 5.90. The van der Waals surface area contributed by atoms with E-state index in [0.29, 0.717) is 0 Å². The minimum Gasteiger partial charge on any atom is -0.477 e. The van der Waals surface area contributed by atoms with Gasteiger partial charge < -0.3 is 50.7 Å². The first-order valence-electron chi connectivity index (χ1n) is 5.90. The molecule has 11 heteroatoms. The molecule has 8 atom stereocenters. The Morgan fingerprint density at radius 1 is 1.14 bits per heavy atom. The lowest BCUT2D eigenvalue weighted by molar-refractivity contribution is -0.350. The van der Waals surface area contributed by atoms with Crippen molar-refractivity contribution in [2.75, 3.05) is 6.61 Å². The van der Waals surface area contributed by atoms with Crippen LogP contribution in [0.15, 0.2) is 0 Å². The van der Waals surface area contributed by atoms with E-state index in [2.05, 4.69) is 4.74 Å². The largest absolute Gasteiger partial charge is 0.477 e. The maximum absolute atomic E-state index is 10.9. The third-order valence-corrected chi connectivity index (χ3v) is 3.30. The number of hydrogen-bond acceptors (Lipinski definition) is 10. The summed E-state index contributed by atoms with van der Waals surface area (Å²) in [6.07, 6.45) is -14.9. The average molecular weight is 314 g/mol. The second kappa shape index (κ2) is 6.48. The zero-order valence-corrected chi connectivity index (χ0v) is 10.6. The first kappa shape index (κ1) is 18.2. The van der Waals surface area contributed by atoms with Gasteiger partial charge in [0.2, 0.25) is 0 Å². The lowest BCUT2D eigenvalue weighted by Gasteiger charge is -2.45. The van der Waals surface area contributed by atoms with Crippen molar-refractivity contribution in [2.24, 2.45) is 0 Å². The monoisotopic (exact) mass is 314 g/mol. The van der Waals surface area contributed by atoms with Gasteiger partial charge in [-0.25, -0.2) is 4.79 Å². The Kier molecular flexibility index (Phi) is 5.60. The zero-order chi connectivity index (χ0) is 16.5. The Labute approximate surface area is 117 Å². The van der Waals surface area contributed by atoms with Crippen LogP contribution in [0.25, 0.3) is 0 Å². The molecule has 0 amide bonds. The van der Waals surface area contributed by atoms with Gasteiger partial charge in [-0.2, -0.15) is 0 Å². The van der Waals surface area contributed by atoms with Crippen LogP contribution in [0.2, 0.25) is 0 Å². The van der Waals surface area contributed by atoms with Crippen LogP contribution in [0.3, 0.4) is 0 Å². The summed E-state index contributed by atoms with van der Waals surface area (Å²) in [6, 6.07) is 0. The first-order chi connectivity index (χ1) is 9.57. The van der Waals surface area contributed by atoms with E-state index in [1.54, 1.807) is 0 Å². The molecule has 0 spiro atoms. The van der Waals surface area contributed by atoms with Crippen LogP contribution in [0.1, 0.15) is 0 Å². The number of aliphatic hydroxyl groups is 8. The van der Waals surface area contributed by atoms with E-state index in [9.17, 15) is 40.5 Å². The summed E-state index contributed by atoms with van der Waals surface area (Å²) in [4.78, 5) is 10.9. The molecule has 0 aromatic rings. The maximum Gasteiger partial charge on any atom is 0.367 e. The van der Waals surface area contributed by atoms with E-state index in [-0.39, 0.29) is 0 Å². The van der Waals surface area contributed by atoms with Crippen LogP contribution in [0.4, 0.5) is 0 Å². The van der Waals surface area contributed by atoms with Crippen LogP contribution in [-0.2, 0) is 9.53 Å². The normalized spacial score (nSPS) is 41.3. The van der Waals surface area contributed by atoms with Gasteiger partial charge in [0.1, 0.15) is 42.7 Å². The molecule has 0 radical (unpaired) electrons. The van der Waals surface area contributed by atoms with Crippen LogP contribution in [0.5, 0.6) is 0 Å². The summed E-state index contributed by atoms with van der Waals surface area (Å²) in [7, 11) is 0. The molecule has 1 heterocycles. The Balaban J connectivity index is 3.03. The van der Waals surface area contributed by atoms with Crippen LogP contribution in [-0.4, -0.2) is 107 Å². The molecule has 1 fully saturated rings. The second-order valence-corrected chi connectivity index (χ2v) is 4.74. The molecule has 0 aromatic heterocycles. The smallest absolute Gasteiger partial charge is 0.367 e. The number of carboxylic acids is 1. The van der Waals surface area contributed by atoms with Gasteiger partial charge >= 0.3 is 5.97 Å². The summed E-state index contributed by atoms with van der Waals surface area (Å²) >= 11 is 0. The molecule has 11 nitrogen and oxygen atoms in total. The number of rotatable bonds is 5. The molecule has 21 heavy (non-hydrogen) atoms. The van der Waals surface area contributed by atoms with Crippen molar-refractivity contribution in [1.82, 2.24) is 0 Å². The Morgan fingerprint density at radius 2 is 1.67 bits per heavy atom. The molecule has 0 aliphatic carbocycles. The third kappa shape index (κ3) is 3.15. The van der Waals surface area contributed by atoms with E-state index in [1.165, 1.54) is 0 Å². The zero-order valence-electron chi connectivity index (χ0n) is 10.6. The molecule has 9 N–H and O–H groups in total. The van der Waals surface area contributed by atoms with Gasteiger partial charge in [0.25, 0.3) is 5.79 Å². The van der Waals surface area contributed by atoms with Gasteiger partial charge in [0.05, 0.1) is 6.61 Å². The fourth-order valence-corrected chi connectivity index (χ4v) is 1.94. The van der Waals surface area contributed by atoms with Crippen LogP contribution in [0, 0.1) is 0 Å². The van der Waals surface area contributed by atoms with Crippen molar-refractivity contribution in [1.29, 1.82) is 0 Å². The summed E-state index contributed by atoms with van der Waals surface area (Å²) in [6.45, 7) is -0.963. The fourth-order valence-electron chi connectivity index (χ4n) is 1.94. The van der Waals surface area contributed by atoms with Crippen molar-refractivity contribution >= 4 is 5.97 Å². The maximum atomic E-state index is 10.9. The lowest BCUT2D eigenvalue weighted by Crippen LogP contribution is -2.70. The lowest BCUT2D eigenvalue weighted by atomic mass is 9.88. The van der Waals surface area contributed by atoms with E-state index < -0.39 is 61.1 Å². The Hall–Kier alpha value is -0.890. The molecule has 8 unspecified atom stereocenters. The van der Waals surface area contributed by atoms with Crippen molar-refractivity contribution in [3.63, 3.8) is 0 Å². The van der Waals surface area contributed by atoms with Gasteiger partial charge in [-0.3, -0.25) is 0 Å². The Morgan fingerprint density at radius 3 is 2.10 bits per heavy atom. The highest BCUT2D eigenvalue weighted by atomic mass is 16.7. The van der Waals surface area contributed by atoms with Crippen molar-refractivity contribution in [3.8, 4) is 0 Å². The summed E-state index contributed by atoms with van der Waals surface area (Å²) < 4.78 is 4.50. The number of hydrogen-bond donors (Lipinski definition) is 9. The van der Waals surface area contributed by atoms with Crippen molar-refractivity contribution < 1.29 is 55.5 Å². The molecule has 124 valence electrons. The topological polar surface area (TPSA) is 208 Å². The molecule has 1 rings (SSSR count). The quantitative estimate of drug-likeness (QED) is 0.233. The van der Waals surface area contributed by atoms with Crippen LogP contribution < -0.4 is 0 Å². The van der Waals surface area contributed by atoms with Gasteiger partial charge in [0.15, 0.2) is 0 Å². The predicted octanol–water partition coefficient (Wildman–Crippen LogP) is -5.68.